The lowest BCUT2D eigenvalue weighted by atomic mass is 10.1. The van der Waals surface area contributed by atoms with Crippen molar-refractivity contribution in [2.24, 2.45) is 0 Å². The molecule has 0 aliphatic rings. The third-order valence-electron chi connectivity index (χ3n) is 3.02. The number of hydrogen-bond donors (Lipinski definition) is 1. The summed E-state index contributed by atoms with van der Waals surface area (Å²) in [7, 11) is 2.00. The molecule has 18 heavy (non-hydrogen) atoms. The van der Waals surface area contributed by atoms with Crippen LogP contribution >= 0.6 is 0 Å². The summed E-state index contributed by atoms with van der Waals surface area (Å²) in [6.45, 7) is 7.92. The zero-order valence-corrected chi connectivity index (χ0v) is 12.0. The van der Waals surface area contributed by atoms with Crippen molar-refractivity contribution < 1.29 is 4.74 Å². The molecule has 104 valence electrons. The van der Waals surface area contributed by atoms with Gasteiger partial charge in [0.1, 0.15) is 12.2 Å². The van der Waals surface area contributed by atoms with Crippen LogP contribution in [0.5, 0.6) is 0 Å². The number of hydrogen-bond acceptors (Lipinski definition) is 4. The molecule has 1 unspecified atom stereocenters. The minimum Gasteiger partial charge on any atom is -0.382 e. The Labute approximate surface area is 110 Å². The maximum atomic E-state index is 5.36. The molecule has 0 aliphatic carbocycles. The van der Waals surface area contributed by atoms with Gasteiger partial charge in [-0.15, -0.1) is 0 Å². The largest absolute Gasteiger partial charge is 0.382 e. The van der Waals surface area contributed by atoms with Gasteiger partial charge in [0, 0.05) is 31.7 Å². The highest BCUT2D eigenvalue weighted by molar-refractivity contribution is 4.91. The zero-order chi connectivity index (χ0) is 13.4. The van der Waals surface area contributed by atoms with E-state index < -0.39 is 0 Å². The normalized spacial score (nSPS) is 13.2. The second-order valence-corrected chi connectivity index (χ2v) is 4.74. The van der Waals surface area contributed by atoms with Gasteiger partial charge in [0.15, 0.2) is 0 Å². The second-order valence-electron chi connectivity index (χ2n) is 4.74. The van der Waals surface area contributed by atoms with Gasteiger partial charge in [0.25, 0.3) is 0 Å². The van der Waals surface area contributed by atoms with Crippen LogP contribution in [0.25, 0.3) is 0 Å². The topological polar surface area (TPSA) is 52.0 Å². The Bertz CT molecular complexity index is 325. The van der Waals surface area contributed by atoms with E-state index in [2.05, 4.69) is 29.2 Å². The summed E-state index contributed by atoms with van der Waals surface area (Å²) in [6.07, 6.45) is 4.74. The van der Waals surface area contributed by atoms with E-state index in [-0.39, 0.29) is 0 Å². The first-order valence-electron chi connectivity index (χ1n) is 6.82. The van der Waals surface area contributed by atoms with Crippen LogP contribution in [0, 0.1) is 0 Å². The van der Waals surface area contributed by atoms with Crippen molar-refractivity contribution in [2.75, 3.05) is 20.3 Å². The maximum Gasteiger partial charge on any atom is 0.138 e. The van der Waals surface area contributed by atoms with Gasteiger partial charge in [-0.25, -0.2) is 9.67 Å². The van der Waals surface area contributed by atoms with Crippen molar-refractivity contribution in [3.05, 3.63) is 12.2 Å². The first-order valence-corrected chi connectivity index (χ1v) is 6.82. The van der Waals surface area contributed by atoms with E-state index >= 15 is 0 Å². The number of rotatable bonds is 9. The SMILES string of the molecule is CCOCCCC(Cc1ncnn1C(C)C)NC. The summed E-state index contributed by atoms with van der Waals surface area (Å²) in [5.74, 6) is 1.06. The van der Waals surface area contributed by atoms with Crippen molar-refractivity contribution in [3.63, 3.8) is 0 Å². The van der Waals surface area contributed by atoms with Crippen LogP contribution in [0.15, 0.2) is 6.33 Å². The lowest BCUT2D eigenvalue weighted by Gasteiger charge is -2.17. The zero-order valence-electron chi connectivity index (χ0n) is 12.0. The molecule has 1 aromatic heterocycles. The fourth-order valence-electron chi connectivity index (χ4n) is 2.00. The van der Waals surface area contributed by atoms with E-state index in [1.54, 1.807) is 6.33 Å². The number of nitrogens with one attached hydrogen (secondary N) is 1. The van der Waals surface area contributed by atoms with Crippen molar-refractivity contribution >= 4 is 0 Å². The van der Waals surface area contributed by atoms with Gasteiger partial charge < -0.3 is 10.1 Å². The Morgan fingerprint density at radius 2 is 2.22 bits per heavy atom. The van der Waals surface area contributed by atoms with Crippen LogP contribution in [-0.2, 0) is 11.2 Å². The van der Waals surface area contributed by atoms with Crippen LogP contribution in [0.3, 0.4) is 0 Å². The Kier molecular flexibility index (Phi) is 6.90. The molecular weight excluding hydrogens is 228 g/mol. The van der Waals surface area contributed by atoms with E-state index in [4.69, 9.17) is 4.74 Å². The Balaban J connectivity index is 2.44. The number of nitrogens with zero attached hydrogens (tertiary/aromatic N) is 3. The van der Waals surface area contributed by atoms with Gasteiger partial charge in [0.05, 0.1) is 0 Å². The molecule has 0 radical (unpaired) electrons. The van der Waals surface area contributed by atoms with Crippen LogP contribution in [-0.4, -0.2) is 41.1 Å². The number of aromatic nitrogens is 3. The monoisotopic (exact) mass is 254 g/mol. The highest BCUT2D eigenvalue weighted by atomic mass is 16.5. The van der Waals surface area contributed by atoms with E-state index in [0.29, 0.717) is 12.1 Å². The van der Waals surface area contributed by atoms with E-state index in [1.807, 2.05) is 18.7 Å². The third-order valence-corrected chi connectivity index (χ3v) is 3.02. The van der Waals surface area contributed by atoms with Crippen molar-refractivity contribution in [2.45, 2.75) is 52.1 Å². The number of likely N-dealkylation sites (N-methyl/N-ethyl adjacent to an activating group) is 1. The highest BCUT2D eigenvalue weighted by Crippen LogP contribution is 2.10. The van der Waals surface area contributed by atoms with Crippen LogP contribution in [0.4, 0.5) is 0 Å². The molecule has 0 saturated carbocycles. The molecule has 1 N–H and O–H groups in total. The molecule has 1 heterocycles. The summed E-state index contributed by atoms with van der Waals surface area (Å²) in [6, 6.07) is 0.801. The number of ether oxygens (including phenoxy) is 1. The average molecular weight is 254 g/mol. The van der Waals surface area contributed by atoms with E-state index in [9.17, 15) is 0 Å². The molecule has 5 nitrogen and oxygen atoms in total. The summed E-state index contributed by atoms with van der Waals surface area (Å²) < 4.78 is 7.36. The molecule has 1 atom stereocenters. The van der Waals surface area contributed by atoms with Crippen molar-refractivity contribution in [1.82, 2.24) is 20.1 Å². The quantitative estimate of drug-likeness (QED) is 0.683. The molecule has 0 aromatic carbocycles. The minimum atomic E-state index is 0.364. The first kappa shape index (κ1) is 15.1. The van der Waals surface area contributed by atoms with Crippen LogP contribution in [0.2, 0.25) is 0 Å². The minimum absolute atomic E-state index is 0.364. The standard InChI is InChI=1S/C13H26N4O/c1-5-18-8-6-7-12(14-4)9-13-15-10-16-17(13)11(2)3/h10-12,14H,5-9H2,1-4H3. The van der Waals surface area contributed by atoms with Gasteiger partial charge in [-0.1, -0.05) is 0 Å². The fourth-order valence-corrected chi connectivity index (χ4v) is 2.00. The average Bonchev–Trinajstić information content (AvgIpc) is 2.81. The Hall–Kier alpha value is -0.940. The lowest BCUT2D eigenvalue weighted by molar-refractivity contribution is 0.141. The van der Waals surface area contributed by atoms with Crippen molar-refractivity contribution in [3.8, 4) is 0 Å². The Morgan fingerprint density at radius 1 is 1.44 bits per heavy atom. The predicted molar refractivity (Wildman–Crippen MR) is 72.7 cm³/mol. The van der Waals surface area contributed by atoms with Gasteiger partial charge >= 0.3 is 0 Å². The molecule has 0 amide bonds. The Morgan fingerprint density at radius 3 is 2.83 bits per heavy atom. The predicted octanol–water partition coefficient (Wildman–Crippen LogP) is 1.81. The summed E-state index contributed by atoms with van der Waals surface area (Å²) in [5, 5.41) is 7.61. The van der Waals surface area contributed by atoms with Gasteiger partial charge in [-0.3, -0.25) is 0 Å². The van der Waals surface area contributed by atoms with E-state index in [1.165, 1.54) is 0 Å². The molecule has 0 spiro atoms. The summed E-state index contributed by atoms with van der Waals surface area (Å²) in [5.41, 5.74) is 0. The van der Waals surface area contributed by atoms with Crippen LogP contribution in [0.1, 0.15) is 45.5 Å². The molecule has 0 fully saturated rings. The first-order chi connectivity index (χ1) is 8.69. The second kappa shape index (κ2) is 8.21. The third kappa shape index (κ3) is 4.74. The van der Waals surface area contributed by atoms with E-state index in [0.717, 1.165) is 38.3 Å². The summed E-state index contributed by atoms with van der Waals surface area (Å²) >= 11 is 0. The lowest BCUT2D eigenvalue weighted by Crippen LogP contribution is -2.29. The molecule has 1 aromatic rings. The molecule has 5 heteroatoms. The van der Waals surface area contributed by atoms with Gasteiger partial charge in [-0.2, -0.15) is 5.10 Å². The molecule has 0 saturated heterocycles. The van der Waals surface area contributed by atoms with Crippen molar-refractivity contribution in [1.29, 1.82) is 0 Å². The smallest absolute Gasteiger partial charge is 0.138 e. The maximum absolute atomic E-state index is 5.36. The van der Waals surface area contributed by atoms with Crippen LogP contribution < -0.4 is 5.32 Å². The fraction of sp³-hybridized carbons (Fsp3) is 0.846. The van der Waals surface area contributed by atoms with Gasteiger partial charge in [-0.05, 0) is 40.7 Å². The van der Waals surface area contributed by atoms with Gasteiger partial charge in [0.2, 0.25) is 0 Å². The molecular formula is C13H26N4O. The summed E-state index contributed by atoms with van der Waals surface area (Å²) in [4.78, 5) is 4.35. The molecule has 1 rings (SSSR count). The molecule has 0 bridgehead atoms. The highest BCUT2D eigenvalue weighted by Gasteiger charge is 2.13. The molecule has 0 aliphatic heterocycles.